The van der Waals surface area contributed by atoms with E-state index in [0.717, 1.165) is 19.5 Å². The third kappa shape index (κ3) is 2.13. The van der Waals surface area contributed by atoms with E-state index in [1.54, 1.807) is 0 Å². The lowest BCUT2D eigenvalue weighted by atomic mass is 10.3. The molecule has 1 unspecified atom stereocenters. The van der Waals surface area contributed by atoms with Crippen molar-refractivity contribution in [1.29, 1.82) is 0 Å². The number of rotatable bonds is 2. The van der Waals surface area contributed by atoms with E-state index in [4.69, 9.17) is 16.3 Å². The molecular weight excluding hydrogens is 207 g/mol. The minimum absolute atomic E-state index is 0.0122. The summed E-state index contributed by atoms with van der Waals surface area (Å²) in [5.41, 5.74) is 0. The zero-order chi connectivity index (χ0) is 9.97. The molecule has 1 aromatic rings. The molecule has 2 heterocycles. The fourth-order valence-corrected chi connectivity index (χ4v) is 1.52. The van der Waals surface area contributed by atoms with Crippen LogP contribution in [0.3, 0.4) is 0 Å². The molecule has 2 rings (SSSR count). The number of nitrogens with zero attached hydrogens (tertiary/aromatic N) is 1. The molecule has 1 aliphatic heterocycles. The molecule has 1 aliphatic rings. The monoisotopic (exact) mass is 216 g/mol. The smallest absolute Gasteiger partial charge is 0.250 e. The maximum absolute atomic E-state index is 13.2. The average Bonchev–Trinajstić information content (AvgIpc) is 2.62. The minimum Gasteiger partial charge on any atom is -0.471 e. The highest BCUT2D eigenvalue weighted by atomic mass is 35.5. The van der Waals surface area contributed by atoms with E-state index in [1.165, 1.54) is 12.3 Å². The van der Waals surface area contributed by atoms with Crippen molar-refractivity contribution in [2.45, 2.75) is 12.5 Å². The standard InChI is InChI=1S/C9H10ClFN2O/c10-6-3-8(11)9(13-4-6)14-7-1-2-12-5-7/h3-4,7,12H,1-2,5H2. The van der Waals surface area contributed by atoms with Gasteiger partial charge in [-0.3, -0.25) is 0 Å². The summed E-state index contributed by atoms with van der Waals surface area (Å²) in [5, 5.41) is 3.40. The topological polar surface area (TPSA) is 34.1 Å². The number of hydrogen-bond donors (Lipinski definition) is 1. The molecule has 14 heavy (non-hydrogen) atoms. The Hall–Kier alpha value is -0.870. The van der Waals surface area contributed by atoms with Crippen LogP contribution in [0.4, 0.5) is 4.39 Å². The lowest BCUT2D eigenvalue weighted by Gasteiger charge is -2.11. The zero-order valence-electron chi connectivity index (χ0n) is 7.46. The van der Waals surface area contributed by atoms with Crippen LogP contribution in [-0.2, 0) is 0 Å². The largest absolute Gasteiger partial charge is 0.471 e. The van der Waals surface area contributed by atoms with Gasteiger partial charge in [-0.25, -0.2) is 9.37 Å². The first-order chi connectivity index (χ1) is 6.75. The molecule has 1 atom stereocenters. The van der Waals surface area contributed by atoms with Crippen LogP contribution >= 0.6 is 11.6 Å². The number of nitrogens with one attached hydrogen (secondary N) is 1. The predicted molar refractivity (Wildman–Crippen MR) is 51.1 cm³/mol. The van der Waals surface area contributed by atoms with Crippen molar-refractivity contribution in [3.8, 4) is 5.88 Å². The second-order valence-corrected chi connectivity index (χ2v) is 3.61. The Balaban J connectivity index is 2.08. The number of aromatic nitrogens is 1. The van der Waals surface area contributed by atoms with Crippen LogP contribution in [0.25, 0.3) is 0 Å². The van der Waals surface area contributed by atoms with Gasteiger partial charge in [0.2, 0.25) is 0 Å². The summed E-state index contributed by atoms with van der Waals surface area (Å²) in [7, 11) is 0. The Bertz CT molecular complexity index is 329. The van der Waals surface area contributed by atoms with Gasteiger partial charge in [-0.1, -0.05) is 11.6 Å². The summed E-state index contributed by atoms with van der Waals surface area (Å²) >= 11 is 5.56. The van der Waals surface area contributed by atoms with Crippen molar-refractivity contribution in [2.24, 2.45) is 0 Å². The Morgan fingerprint density at radius 3 is 3.14 bits per heavy atom. The fourth-order valence-electron chi connectivity index (χ4n) is 1.38. The van der Waals surface area contributed by atoms with Crippen molar-refractivity contribution < 1.29 is 9.13 Å². The summed E-state index contributed by atoms with van der Waals surface area (Å²) in [4.78, 5) is 3.78. The van der Waals surface area contributed by atoms with Gasteiger partial charge in [0.05, 0.1) is 5.02 Å². The lowest BCUT2D eigenvalue weighted by Crippen LogP contribution is -2.20. The second kappa shape index (κ2) is 4.11. The molecule has 0 amide bonds. The summed E-state index contributed by atoms with van der Waals surface area (Å²) in [6, 6.07) is 1.20. The molecule has 1 N–H and O–H groups in total. The number of hydrogen-bond acceptors (Lipinski definition) is 3. The van der Waals surface area contributed by atoms with Gasteiger partial charge in [0, 0.05) is 12.7 Å². The average molecular weight is 217 g/mol. The molecular formula is C9H10ClFN2O. The van der Waals surface area contributed by atoms with Gasteiger partial charge in [-0.15, -0.1) is 0 Å². The maximum Gasteiger partial charge on any atom is 0.250 e. The SMILES string of the molecule is Fc1cc(Cl)cnc1OC1CCNC1. The van der Waals surface area contributed by atoms with E-state index in [0.29, 0.717) is 0 Å². The second-order valence-electron chi connectivity index (χ2n) is 3.17. The van der Waals surface area contributed by atoms with Crippen LogP contribution in [0.15, 0.2) is 12.3 Å². The fraction of sp³-hybridized carbons (Fsp3) is 0.444. The van der Waals surface area contributed by atoms with Crippen LogP contribution < -0.4 is 10.1 Å². The molecule has 1 fully saturated rings. The normalized spacial score (nSPS) is 21.1. The molecule has 1 saturated heterocycles. The van der Waals surface area contributed by atoms with Crippen molar-refractivity contribution in [3.63, 3.8) is 0 Å². The predicted octanol–water partition coefficient (Wildman–Crippen LogP) is 1.61. The molecule has 0 spiro atoms. The van der Waals surface area contributed by atoms with Gasteiger partial charge >= 0.3 is 0 Å². The van der Waals surface area contributed by atoms with Gasteiger partial charge in [0.25, 0.3) is 5.88 Å². The quantitative estimate of drug-likeness (QED) is 0.816. The minimum atomic E-state index is -0.510. The van der Waals surface area contributed by atoms with Crippen molar-refractivity contribution >= 4 is 11.6 Å². The first-order valence-electron chi connectivity index (χ1n) is 4.44. The molecule has 0 saturated carbocycles. The summed E-state index contributed by atoms with van der Waals surface area (Å²) in [6.45, 7) is 1.64. The van der Waals surface area contributed by atoms with Crippen molar-refractivity contribution in [3.05, 3.63) is 23.1 Å². The van der Waals surface area contributed by atoms with Gasteiger partial charge in [0.15, 0.2) is 5.82 Å². The first kappa shape index (κ1) is 9.68. The van der Waals surface area contributed by atoms with Crippen molar-refractivity contribution in [1.82, 2.24) is 10.3 Å². The first-order valence-corrected chi connectivity index (χ1v) is 4.82. The Morgan fingerprint density at radius 2 is 2.50 bits per heavy atom. The molecule has 0 bridgehead atoms. The van der Waals surface area contributed by atoms with Gasteiger partial charge in [0.1, 0.15) is 6.10 Å². The van der Waals surface area contributed by atoms with Crippen LogP contribution in [0, 0.1) is 5.82 Å². The molecule has 0 radical (unpaired) electrons. The Kier molecular flexibility index (Phi) is 2.84. The summed E-state index contributed by atoms with van der Waals surface area (Å²) in [6.07, 6.45) is 2.27. The van der Waals surface area contributed by atoms with E-state index >= 15 is 0 Å². The number of halogens is 2. The Morgan fingerprint density at radius 1 is 1.64 bits per heavy atom. The molecule has 76 valence electrons. The third-order valence-electron chi connectivity index (χ3n) is 2.07. The van der Waals surface area contributed by atoms with Gasteiger partial charge in [-0.05, 0) is 19.0 Å². The van der Waals surface area contributed by atoms with E-state index < -0.39 is 5.82 Å². The van der Waals surface area contributed by atoms with E-state index in [1.807, 2.05) is 0 Å². The zero-order valence-corrected chi connectivity index (χ0v) is 8.22. The van der Waals surface area contributed by atoms with E-state index in [-0.39, 0.29) is 17.0 Å². The lowest BCUT2D eigenvalue weighted by molar-refractivity contribution is 0.203. The number of pyridine rings is 1. The van der Waals surface area contributed by atoms with Crippen LogP contribution in [0.5, 0.6) is 5.88 Å². The van der Waals surface area contributed by atoms with Crippen LogP contribution in [0.1, 0.15) is 6.42 Å². The van der Waals surface area contributed by atoms with E-state index in [2.05, 4.69) is 10.3 Å². The molecule has 0 aliphatic carbocycles. The Labute approximate surface area is 86.2 Å². The third-order valence-corrected chi connectivity index (χ3v) is 2.27. The van der Waals surface area contributed by atoms with Gasteiger partial charge < -0.3 is 10.1 Å². The van der Waals surface area contributed by atoms with Crippen molar-refractivity contribution in [2.75, 3.05) is 13.1 Å². The molecule has 1 aromatic heterocycles. The maximum atomic E-state index is 13.2. The highest BCUT2D eigenvalue weighted by Gasteiger charge is 2.18. The summed E-state index contributed by atoms with van der Waals surface area (Å²) in [5.74, 6) is -0.479. The summed E-state index contributed by atoms with van der Waals surface area (Å²) < 4.78 is 18.6. The molecule has 0 aromatic carbocycles. The molecule has 5 heteroatoms. The van der Waals surface area contributed by atoms with Crippen LogP contribution in [0.2, 0.25) is 5.02 Å². The molecule has 3 nitrogen and oxygen atoms in total. The van der Waals surface area contributed by atoms with Gasteiger partial charge in [-0.2, -0.15) is 0 Å². The van der Waals surface area contributed by atoms with E-state index in [9.17, 15) is 4.39 Å². The van der Waals surface area contributed by atoms with Crippen LogP contribution in [-0.4, -0.2) is 24.2 Å². The highest BCUT2D eigenvalue weighted by molar-refractivity contribution is 6.30. The number of ether oxygens (including phenoxy) is 1. The highest BCUT2D eigenvalue weighted by Crippen LogP contribution is 2.19.